The molecule has 9 nitrogen and oxygen atoms in total. The fraction of sp³-hybridized carbons (Fsp3) is 0.526. The van der Waals surface area contributed by atoms with Crippen LogP contribution in [-0.2, 0) is 22.7 Å². The van der Waals surface area contributed by atoms with Crippen molar-refractivity contribution in [1.82, 2.24) is 25.5 Å². The summed E-state index contributed by atoms with van der Waals surface area (Å²) in [5.74, 6) is 0.278. The SMILES string of the molecule is CCCCOc1ccc(C(=O)NCC(=O)OCc2nnnn2CCCC)cc1. The van der Waals surface area contributed by atoms with E-state index in [1.807, 2.05) is 0 Å². The summed E-state index contributed by atoms with van der Waals surface area (Å²) >= 11 is 0. The smallest absolute Gasteiger partial charge is 0.325 e. The van der Waals surface area contributed by atoms with Gasteiger partial charge in [-0.25, -0.2) is 4.68 Å². The van der Waals surface area contributed by atoms with Crippen LogP contribution in [0, 0.1) is 0 Å². The first-order valence-electron chi connectivity index (χ1n) is 9.55. The largest absolute Gasteiger partial charge is 0.494 e. The normalized spacial score (nSPS) is 10.5. The van der Waals surface area contributed by atoms with Crippen LogP contribution in [0.5, 0.6) is 5.75 Å². The summed E-state index contributed by atoms with van der Waals surface area (Å²) in [6.07, 6.45) is 3.99. The van der Waals surface area contributed by atoms with Crippen molar-refractivity contribution in [2.45, 2.75) is 52.7 Å². The molecular formula is C19H27N5O4. The number of carbonyl (C=O) groups excluding carboxylic acids is 2. The van der Waals surface area contributed by atoms with Crippen LogP contribution in [0.2, 0.25) is 0 Å². The molecule has 152 valence electrons. The average Bonchev–Trinajstić information content (AvgIpc) is 3.17. The van der Waals surface area contributed by atoms with Crippen molar-refractivity contribution in [2.24, 2.45) is 0 Å². The van der Waals surface area contributed by atoms with E-state index in [0.29, 0.717) is 30.3 Å². The Morgan fingerprint density at radius 3 is 2.57 bits per heavy atom. The highest BCUT2D eigenvalue weighted by atomic mass is 16.5. The van der Waals surface area contributed by atoms with Gasteiger partial charge >= 0.3 is 5.97 Å². The van der Waals surface area contributed by atoms with E-state index < -0.39 is 5.97 Å². The van der Waals surface area contributed by atoms with Crippen molar-refractivity contribution in [3.63, 3.8) is 0 Å². The lowest BCUT2D eigenvalue weighted by molar-refractivity contribution is -0.144. The first-order chi connectivity index (χ1) is 13.6. The maximum Gasteiger partial charge on any atom is 0.325 e. The summed E-state index contributed by atoms with van der Waals surface area (Å²) in [5.41, 5.74) is 0.444. The van der Waals surface area contributed by atoms with Gasteiger partial charge in [-0.1, -0.05) is 26.7 Å². The lowest BCUT2D eigenvalue weighted by Crippen LogP contribution is -2.30. The molecule has 0 spiro atoms. The number of tetrazole rings is 1. The molecule has 0 radical (unpaired) electrons. The van der Waals surface area contributed by atoms with Crippen LogP contribution in [0.25, 0.3) is 0 Å². The van der Waals surface area contributed by atoms with Crippen LogP contribution in [-0.4, -0.2) is 45.2 Å². The standard InChI is InChI=1S/C19H27N5O4/c1-3-5-11-24-17(21-22-23-24)14-28-18(25)13-20-19(26)15-7-9-16(10-8-15)27-12-6-4-2/h7-10H,3-6,11-14H2,1-2H3,(H,20,26). The topological polar surface area (TPSA) is 108 Å². The molecule has 0 aliphatic heterocycles. The third-order valence-electron chi connectivity index (χ3n) is 3.97. The number of nitrogens with one attached hydrogen (secondary N) is 1. The predicted octanol–water partition coefficient (Wildman–Crippen LogP) is 2.13. The molecule has 2 aromatic rings. The number of benzene rings is 1. The van der Waals surface area contributed by atoms with E-state index in [0.717, 1.165) is 25.7 Å². The monoisotopic (exact) mass is 389 g/mol. The Hall–Kier alpha value is -2.97. The molecule has 1 amide bonds. The number of unbranched alkanes of at least 4 members (excludes halogenated alkanes) is 2. The summed E-state index contributed by atoms with van der Waals surface area (Å²) in [6, 6.07) is 6.78. The zero-order chi connectivity index (χ0) is 20.2. The fourth-order valence-corrected chi connectivity index (χ4v) is 2.30. The first-order valence-corrected chi connectivity index (χ1v) is 9.55. The molecule has 0 bridgehead atoms. The first kappa shape index (κ1) is 21.3. The molecule has 0 aliphatic rings. The molecule has 28 heavy (non-hydrogen) atoms. The van der Waals surface area contributed by atoms with Gasteiger partial charge in [-0.3, -0.25) is 9.59 Å². The maximum absolute atomic E-state index is 12.1. The molecule has 0 fully saturated rings. The van der Waals surface area contributed by atoms with Crippen molar-refractivity contribution in [1.29, 1.82) is 0 Å². The van der Waals surface area contributed by atoms with Crippen molar-refractivity contribution < 1.29 is 19.1 Å². The van der Waals surface area contributed by atoms with Crippen molar-refractivity contribution in [3.05, 3.63) is 35.7 Å². The molecule has 0 unspecified atom stereocenters. The molecule has 2 rings (SSSR count). The Labute approximate surface area is 164 Å². The van der Waals surface area contributed by atoms with Gasteiger partial charge in [0.1, 0.15) is 12.3 Å². The van der Waals surface area contributed by atoms with Crippen LogP contribution in [0.15, 0.2) is 24.3 Å². The van der Waals surface area contributed by atoms with Gasteiger partial charge in [-0.15, -0.1) is 5.10 Å². The van der Waals surface area contributed by atoms with E-state index in [1.54, 1.807) is 28.9 Å². The van der Waals surface area contributed by atoms with Gasteiger partial charge in [-0.05, 0) is 47.5 Å². The van der Waals surface area contributed by atoms with Crippen LogP contribution >= 0.6 is 0 Å². The molecule has 1 aromatic carbocycles. The summed E-state index contributed by atoms with van der Waals surface area (Å²) in [7, 11) is 0. The number of carbonyl (C=O) groups is 2. The number of rotatable bonds is 12. The minimum atomic E-state index is -0.557. The molecule has 0 saturated heterocycles. The van der Waals surface area contributed by atoms with Crippen molar-refractivity contribution >= 4 is 11.9 Å². The van der Waals surface area contributed by atoms with Crippen molar-refractivity contribution in [3.8, 4) is 5.75 Å². The molecule has 0 saturated carbocycles. The van der Waals surface area contributed by atoms with Crippen molar-refractivity contribution in [2.75, 3.05) is 13.2 Å². The maximum atomic E-state index is 12.1. The third kappa shape index (κ3) is 6.98. The van der Waals surface area contributed by atoms with E-state index in [4.69, 9.17) is 9.47 Å². The molecule has 1 N–H and O–H groups in total. The third-order valence-corrected chi connectivity index (χ3v) is 3.97. The number of hydrogen-bond acceptors (Lipinski definition) is 7. The van der Waals surface area contributed by atoms with Crippen LogP contribution < -0.4 is 10.1 Å². The quantitative estimate of drug-likeness (QED) is 0.437. The number of aromatic nitrogens is 4. The summed E-state index contributed by atoms with van der Waals surface area (Å²) < 4.78 is 12.3. The second kappa shape index (κ2) is 11.7. The minimum Gasteiger partial charge on any atom is -0.494 e. The Morgan fingerprint density at radius 2 is 1.86 bits per heavy atom. The van der Waals surface area contributed by atoms with Gasteiger partial charge < -0.3 is 14.8 Å². The second-order valence-electron chi connectivity index (χ2n) is 6.24. The lowest BCUT2D eigenvalue weighted by Gasteiger charge is -2.08. The Kier molecular flexibility index (Phi) is 8.90. The van der Waals surface area contributed by atoms with Gasteiger partial charge in [0.25, 0.3) is 5.91 Å². The van der Waals surface area contributed by atoms with Crippen LogP contribution in [0.1, 0.15) is 55.7 Å². The van der Waals surface area contributed by atoms with Gasteiger partial charge in [-0.2, -0.15) is 0 Å². The van der Waals surface area contributed by atoms with E-state index >= 15 is 0 Å². The van der Waals surface area contributed by atoms with Crippen LogP contribution in [0.4, 0.5) is 0 Å². The Balaban J connectivity index is 1.73. The Morgan fingerprint density at radius 1 is 1.11 bits per heavy atom. The highest BCUT2D eigenvalue weighted by Crippen LogP contribution is 2.12. The minimum absolute atomic E-state index is 0.0325. The Bertz CT molecular complexity index is 745. The highest BCUT2D eigenvalue weighted by Gasteiger charge is 2.12. The zero-order valence-corrected chi connectivity index (χ0v) is 16.4. The second-order valence-corrected chi connectivity index (χ2v) is 6.24. The molecular weight excluding hydrogens is 362 g/mol. The van der Waals surface area contributed by atoms with E-state index in [-0.39, 0.29) is 19.1 Å². The van der Waals surface area contributed by atoms with Gasteiger partial charge in [0.05, 0.1) is 6.61 Å². The predicted molar refractivity (Wildman–Crippen MR) is 102 cm³/mol. The number of hydrogen-bond donors (Lipinski definition) is 1. The highest BCUT2D eigenvalue weighted by molar-refractivity contribution is 5.95. The summed E-state index contributed by atoms with van der Waals surface area (Å²) in [4.78, 5) is 24.0. The average molecular weight is 389 g/mol. The van der Waals surface area contributed by atoms with E-state index in [9.17, 15) is 9.59 Å². The van der Waals surface area contributed by atoms with E-state index in [1.165, 1.54) is 0 Å². The number of esters is 1. The zero-order valence-electron chi connectivity index (χ0n) is 16.4. The summed E-state index contributed by atoms with van der Waals surface area (Å²) in [6.45, 7) is 5.22. The van der Waals surface area contributed by atoms with E-state index in [2.05, 4.69) is 34.7 Å². The molecule has 0 aliphatic carbocycles. The molecule has 0 atom stereocenters. The van der Waals surface area contributed by atoms with Gasteiger partial charge in [0.2, 0.25) is 0 Å². The molecule has 1 heterocycles. The van der Waals surface area contributed by atoms with Gasteiger partial charge in [0, 0.05) is 12.1 Å². The van der Waals surface area contributed by atoms with Crippen LogP contribution in [0.3, 0.4) is 0 Å². The number of nitrogens with zero attached hydrogens (tertiary/aromatic N) is 4. The fourth-order valence-electron chi connectivity index (χ4n) is 2.30. The van der Waals surface area contributed by atoms with Gasteiger partial charge in [0.15, 0.2) is 12.4 Å². The number of ether oxygens (including phenoxy) is 2. The molecule has 1 aromatic heterocycles. The lowest BCUT2D eigenvalue weighted by atomic mass is 10.2. The number of amides is 1. The summed E-state index contributed by atoms with van der Waals surface area (Å²) in [5, 5.41) is 13.8. The number of aryl methyl sites for hydroxylation is 1. The molecule has 9 heteroatoms.